The first kappa shape index (κ1) is 12.2. The molecule has 1 aromatic carbocycles. The molecule has 84 valence electrons. The third-order valence-electron chi connectivity index (χ3n) is 2.28. The van der Waals surface area contributed by atoms with Crippen molar-refractivity contribution in [2.45, 2.75) is 18.9 Å². The summed E-state index contributed by atoms with van der Waals surface area (Å²) in [5, 5.41) is 8.74. The second-order valence-corrected chi connectivity index (χ2v) is 3.90. The van der Waals surface area contributed by atoms with Crippen LogP contribution in [0.2, 0.25) is 0 Å². The number of rotatable bonds is 3. The molecule has 0 bridgehead atoms. The van der Waals surface area contributed by atoms with E-state index < -0.39 is 11.5 Å². The first-order chi connectivity index (χ1) is 7.49. The van der Waals surface area contributed by atoms with Gasteiger partial charge in [-0.2, -0.15) is 5.26 Å². The minimum atomic E-state index is -1.07. The molecule has 1 atom stereocenters. The van der Waals surface area contributed by atoms with Gasteiger partial charge in [0.25, 0.3) is 0 Å². The molecule has 0 amide bonds. The standard InChI is InChI=1S/C12H14N2O2/c1-12(14,11(15)16-2)7-9-4-3-5-10(6-9)8-13/h3-6H,7,14H2,1-2H3/t12-/m1/s1. The zero-order valence-corrected chi connectivity index (χ0v) is 9.36. The van der Waals surface area contributed by atoms with Crippen LogP contribution < -0.4 is 5.73 Å². The van der Waals surface area contributed by atoms with E-state index in [-0.39, 0.29) is 0 Å². The van der Waals surface area contributed by atoms with Gasteiger partial charge in [-0.1, -0.05) is 12.1 Å². The molecule has 0 saturated heterocycles. The molecule has 4 heteroatoms. The lowest BCUT2D eigenvalue weighted by Crippen LogP contribution is -2.47. The van der Waals surface area contributed by atoms with Gasteiger partial charge in [0.15, 0.2) is 0 Å². The van der Waals surface area contributed by atoms with Gasteiger partial charge in [0.1, 0.15) is 5.54 Å². The smallest absolute Gasteiger partial charge is 0.325 e. The van der Waals surface area contributed by atoms with Gasteiger partial charge in [0, 0.05) is 6.42 Å². The first-order valence-corrected chi connectivity index (χ1v) is 4.86. The van der Waals surface area contributed by atoms with Crippen molar-refractivity contribution in [3.63, 3.8) is 0 Å². The number of carbonyl (C=O) groups is 1. The number of nitrogens with two attached hydrogens (primary N) is 1. The molecule has 0 unspecified atom stereocenters. The molecule has 0 radical (unpaired) electrons. The SMILES string of the molecule is COC(=O)[C@](C)(N)Cc1cccc(C#N)c1. The third kappa shape index (κ3) is 2.81. The van der Waals surface area contributed by atoms with Gasteiger partial charge >= 0.3 is 5.97 Å². The van der Waals surface area contributed by atoms with Gasteiger partial charge in [-0.05, 0) is 24.6 Å². The van der Waals surface area contributed by atoms with Crippen LogP contribution in [0.25, 0.3) is 0 Å². The molecule has 16 heavy (non-hydrogen) atoms. The minimum absolute atomic E-state index is 0.342. The molecular formula is C12H14N2O2. The van der Waals surface area contributed by atoms with E-state index in [9.17, 15) is 4.79 Å². The Morgan fingerprint density at radius 1 is 1.62 bits per heavy atom. The normalized spacial score (nSPS) is 13.6. The largest absolute Gasteiger partial charge is 0.468 e. The van der Waals surface area contributed by atoms with E-state index in [1.54, 1.807) is 25.1 Å². The van der Waals surface area contributed by atoms with E-state index in [1.165, 1.54) is 7.11 Å². The molecule has 0 aliphatic rings. The molecule has 0 fully saturated rings. The Morgan fingerprint density at radius 2 is 2.31 bits per heavy atom. The van der Waals surface area contributed by atoms with E-state index in [4.69, 9.17) is 11.0 Å². The number of ether oxygens (including phenoxy) is 1. The Bertz CT molecular complexity index is 433. The predicted octanol–water partition coefficient (Wildman–Crippen LogP) is 0.991. The summed E-state index contributed by atoms with van der Waals surface area (Å²) in [6, 6.07) is 9.05. The third-order valence-corrected chi connectivity index (χ3v) is 2.28. The monoisotopic (exact) mass is 218 g/mol. The Balaban J connectivity index is 2.88. The summed E-state index contributed by atoms with van der Waals surface area (Å²) in [5.41, 5.74) is 6.17. The second-order valence-electron chi connectivity index (χ2n) is 3.90. The number of esters is 1. The summed E-state index contributed by atoms with van der Waals surface area (Å²) in [6.45, 7) is 1.61. The topological polar surface area (TPSA) is 76.1 Å². The quantitative estimate of drug-likeness (QED) is 0.767. The van der Waals surface area contributed by atoms with Gasteiger partial charge in [0.05, 0.1) is 18.7 Å². The number of nitrogens with zero attached hydrogens (tertiary/aromatic N) is 1. The summed E-state index contributed by atoms with van der Waals surface area (Å²) >= 11 is 0. The van der Waals surface area contributed by atoms with Crippen LogP contribution in [0.1, 0.15) is 18.1 Å². The average molecular weight is 218 g/mol. The first-order valence-electron chi connectivity index (χ1n) is 4.86. The van der Waals surface area contributed by atoms with Crippen molar-refractivity contribution >= 4 is 5.97 Å². The van der Waals surface area contributed by atoms with Gasteiger partial charge in [-0.25, -0.2) is 0 Å². The van der Waals surface area contributed by atoms with E-state index in [2.05, 4.69) is 4.74 Å². The minimum Gasteiger partial charge on any atom is -0.468 e. The molecule has 0 aliphatic carbocycles. The molecule has 0 aromatic heterocycles. The number of nitriles is 1. The van der Waals surface area contributed by atoms with E-state index in [1.807, 2.05) is 12.1 Å². The molecule has 1 rings (SSSR count). The van der Waals surface area contributed by atoms with Crippen LogP contribution in [0.5, 0.6) is 0 Å². The maximum Gasteiger partial charge on any atom is 0.325 e. The van der Waals surface area contributed by atoms with Crippen LogP contribution in [0.15, 0.2) is 24.3 Å². The maximum atomic E-state index is 11.4. The lowest BCUT2D eigenvalue weighted by Gasteiger charge is -2.21. The van der Waals surface area contributed by atoms with Crippen molar-refractivity contribution < 1.29 is 9.53 Å². The Kier molecular flexibility index (Phi) is 3.64. The number of benzene rings is 1. The van der Waals surface area contributed by atoms with Crippen LogP contribution in [-0.4, -0.2) is 18.6 Å². The highest BCUT2D eigenvalue weighted by molar-refractivity contribution is 5.80. The van der Waals surface area contributed by atoms with Crippen molar-refractivity contribution in [1.29, 1.82) is 5.26 Å². The second kappa shape index (κ2) is 4.77. The summed E-state index contributed by atoms with van der Waals surface area (Å²) in [6.07, 6.45) is 0.342. The molecule has 4 nitrogen and oxygen atoms in total. The van der Waals surface area contributed by atoms with Crippen LogP contribution in [0, 0.1) is 11.3 Å². The fourth-order valence-corrected chi connectivity index (χ4v) is 1.48. The Morgan fingerprint density at radius 3 is 2.88 bits per heavy atom. The summed E-state index contributed by atoms with van der Waals surface area (Å²) in [4.78, 5) is 11.4. The van der Waals surface area contributed by atoms with Crippen molar-refractivity contribution in [1.82, 2.24) is 0 Å². The van der Waals surface area contributed by atoms with Crippen LogP contribution in [0.4, 0.5) is 0 Å². The van der Waals surface area contributed by atoms with E-state index in [0.29, 0.717) is 12.0 Å². The van der Waals surface area contributed by atoms with Crippen molar-refractivity contribution in [2.75, 3.05) is 7.11 Å². The molecule has 1 aromatic rings. The molecule has 0 saturated carbocycles. The molecule has 0 aliphatic heterocycles. The molecular weight excluding hydrogens is 204 g/mol. The average Bonchev–Trinajstić information content (AvgIpc) is 2.27. The highest BCUT2D eigenvalue weighted by Gasteiger charge is 2.29. The van der Waals surface area contributed by atoms with Crippen molar-refractivity contribution in [3.05, 3.63) is 35.4 Å². The van der Waals surface area contributed by atoms with Crippen molar-refractivity contribution in [2.24, 2.45) is 5.73 Å². The van der Waals surface area contributed by atoms with Gasteiger partial charge < -0.3 is 10.5 Å². The van der Waals surface area contributed by atoms with Gasteiger partial charge in [-0.15, -0.1) is 0 Å². The lowest BCUT2D eigenvalue weighted by atomic mass is 9.93. The highest BCUT2D eigenvalue weighted by atomic mass is 16.5. The number of hydrogen-bond acceptors (Lipinski definition) is 4. The molecule has 2 N–H and O–H groups in total. The van der Waals surface area contributed by atoms with Gasteiger partial charge in [0.2, 0.25) is 0 Å². The van der Waals surface area contributed by atoms with E-state index >= 15 is 0 Å². The summed E-state index contributed by atoms with van der Waals surface area (Å²) in [5.74, 6) is -0.463. The number of carbonyl (C=O) groups excluding carboxylic acids is 1. The van der Waals surface area contributed by atoms with Gasteiger partial charge in [-0.3, -0.25) is 4.79 Å². The zero-order valence-electron chi connectivity index (χ0n) is 9.36. The number of hydrogen-bond donors (Lipinski definition) is 1. The summed E-state index contributed by atoms with van der Waals surface area (Å²) < 4.78 is 4.61. The van der Waals surface area contributed by atoms with Crippen LogP contribution >= 0.6 is 0 Å². The number of methoxy groups -OCH3 is 1. The molecule has 0 spiro atoms. The molecule has 0 heterocycles. The summed E-state index contributed by atoms with van der Waals surface area (Å²) in [7, 11) is 1.30. The van der Waals surface area contributed by atoms with Crippen molar-refractivity contribution in [3.8, 4) is 6.07 Å². The fraction of sp³-hybridized carbons (Fsp3) is 0.333. The fourth-order valence-electron chi connectivity index (χ4n) is 1.48. The maximum absolute atomic E-state index is 11.4. The lowest BCUT2D eigenvalue weighted by molar-refractivity contribution is -0.146. The van der Waals surface area contributed by atoms with Crippen LogP contribution in [0.3, 0.4) is 0 Å². The Labute approximate surface area is 94.6 Å². The van der Waals surface area contributed by atoms with E-state index in [0.717, 1.165) is 5.56 Å². The predicted molar refractivity (Wildman–Crippen MR) is 59.5 cm³/mol. The zero-order chi connectivity index (χ0) is 12.2. The van der Waals surface area contributed by atoms with Crippen LogP contribution in [-0.2, 0) is 16.0 Å². The highest BCUT2D eigenvalue weighted by Crippen LogP contribution is 2.13. The Hall–Kier alpha value is -1.86.